The molecule has 0 unspecified atom stereocenters. The summed E-state index contributed by atoms with van der Waals surface area (Å²) in [6, 6.07) is 2.92. The van der Waals surface area contributed by atoms with Gasteiger partial charge in [-0.25, -0.2) is 8.78 Å². The van der Waals surface area contributed by atoms with Crippen LogP contribution in [0.3, 0.4) is 0 Å². The van der Waals surface area contributed by atoms with Gasteiger partial charge in [-0.05, 0) is 29.8 Å². The highest BCUT2D eigenvalue weighted by Crippen LogP contribution is 2.21. The van der Waals surface area contributed by atoms with E-state index in [2.05, 4.69) is 15.0 Å². The summed E-state index contributed by atoms with van der Waals surface area (Å²) in [5.74, 6) is -1.53. The van der Waals surface area contributed by atoms with E-state index in [1.807, 2.05) is 0 Å². The zero-order valence-corrected chi connectivity index (χ0v) is 8.54. The lowest BCUT2D eigenvalue weighted by Gasteiger charge is -2.02. The minimum Gasteiger partial charge on any atom is -0.368 e. The maximum atomic E-state index is 13.4. The van der Waals surface area contributed by atoms with Crippen LogP contribution in [0.1, 0.15) is 0 Å². The van der Waals surface area contributed by atoms with Gasteiger partial charge in [-0.15, -0.1) is 0 Å². The SMILES string of the molecule is Nc1nc(Cl)nc(-c2cc(F)ccc2F)n1. The van der Waals surface area contributed by atoms with E-state index < -0.39 is 11.6 Å². The largest absolute Gasteiger partial charge is 0.368 e. The molecule has 1 aromatic heterocycles. The number of nitrogen functional groups attached to an aromatic ring is 1. The third kappa shape index (κ3) is 2.06. The molecule has 82 valence electrons. The number of aromatic nitrogens is 3. The minimum absolute atomic E-state index is 0.102. The van der Waals surface area contributed by atoms with Crippen molar-refractivity contribution in [3.8, 4) is 11.4 Å². The van der Waals surface area contributed by atoms with Crippen LogP contribution in [0.15, 0.2) is 18.2 Å². The predicted octanol–water partition coefficient (Wildman–Crippen LogP) is 2.05. The fourth-order valence-electron chi connectivity index (χ4n) is 1.15. The zero-order chi connectivity index (χ0) is 11.7. The molecule has 0 saturated carbocycles. The van der Waals surface area contributed by atoms with Gasteiger partial charge in [0, 0.05) is 0 Å². The van der Waals surface area contributed by atoms with E-state index in [0.717, 1.165) is 18.2 Å². The Balaban J connectivity index is 2.62. The minimum atomic E-state index is -0.664. The Bertz CT molecular complexity index is 527. The number of anilines is 1. The van der Waals surface area contributed by atoms with E-state index in [9.17, 15) is 8.78 Å². The molecule has 0 amide bonds. The highest BCUT2D eigenvalue weighted by molar-refractivity contribution is 6.28. The lowest BCUT2D eigenvalue weighted by Crippen LogP contribution is -2.01. The molecular weight excluding hydrogens is 238 g/mol. The molecule has 1 aromatic carbocycles. The highest BCUT2D eigenvalue weighted by Gasteiger charge is 2.11. The molecule has 0 spiro atoms. The Morgan fingerprint density at radius 3 is 2.56 bits per heavy atom. The maximum Gasteiger partial charge on any atom is 0.227 e. The Hall–Kier alpha value is -1.82. The standard InChI is InChI=1S/C9H5ClF2N4/c10-8-14-7(15-9(13)16-8)5-3-4(11)1-2-6(5)12/h1-3H,(H2,13,14,15,16). The molecular formula is C9H5ClF2N4. The van der Waals surface area contributed by atoms with Crippen LogP contribution in [0.5, 0.6) is 0 Å². The van der Waals surface area contributed by atoms with E-state index in [1.165, 1.54) is 0 Å². The Labute approximate surface area is 94.1 Å². The van der Waals surface area contributed by atoms with Gasteiger partial charge in [0.25, 0.3) is 0 Å². The van der Waals surface area contributed by atoms with Crippen molar-refractivity contribution in [2.75, 3.05) is 5.73 Å². The number of hydrogen-bond donors (Lipinski definition) is 1. The maximum absolute atomic E-state index is 13.4. The first kappa shape index (κ1) is 10.7. The van der Waals surface area contributed by atoms with Crippen molar-refractivity contribution in [3.05, 3.63) is 35.1 Å². The second-order valence-electron chi connectivity index (χ2n) is 2.91. The first-order chi connectivity index (χ1) is 7.56. The fraction of sp³-hybridized carbons (Fsp3) is 0. The summed E-state index contributed by atoms with van der Waals surface area (Å²) >= 11 is 5.53. The van der Waals surface area contributed by atoms with Crippen LogP contribution in [0.25, 0.3) is 11.4 Å². The van der Waals surface area contributed by atoms with Crippen LogP contribution in [0, 0.1) is 11.6 Å². The second kappa shape index (κ2) is 3.97. The number of nitrogens with two attached hydrogens (primary N) is 1. The van der Waals surface area contributed by atoms with Gasteiger partial charge in [0.15, 0.2) is 5.82 Å². The van der Waals surface area contributed by atoms with Gasteiger partial charge >= 0.3 is 0 Å². The smallest absolute Gasteiger partial charge is 0.227 e. The van der Waals surface area contributed by atoms with Crippen LogP contribution >= 0.6 is 11.6 Å². The van der Waals surface area contributed by atoms with Crippen molar-refractivity contribution in [1.82, 2.24) is 15.0 Å². The van der Waals surface area contributed by atoms with Crippen molar-refractivity contribution >= 4 is 17.5 Å². The van der Waals surface area contributed by atoms with E-state index in [-0.39, 0.29) is 22.6 Å². The summed E-state index contributed by atoms with van der Waals surface area (Å²) in [4.78, 5) is 10.9. The van der Waals surface area contributed by atoms with Gasteiger partial charge in [-0.3, -0.25) is 0 Å². The van der Waals surface area contributed by atoms with Gasteiger partial charge in [0.2, 0.25) is 11.2 Å². The molecule has 0 aliphatic carbocycles. The average Bonchev–Trinajstić information content (AvgIpc) is 2.20. The topological polar surface area (TPSA) is 64.7 Å². The molecule has 0 fully saturated rings. The van der Waals surface area contributed by atoms with E-state index >= 15 is 0 Å². The van der Waals surface area contributed by atoms with Gasteiger partial charge in [0.1, 0.15) is 11.6 Å². The van der Waals surface area contributed by atoms with Crippen LogP contribution in [-0.2, 0) is 0 Å². The summed E-state index contributed by atoms with van der Waals surface area (Å²) in [7, 11) is 0. The van der Waals surface area contributed by atoms with Gasteiger partial charge in [-0.2, -0.15) is 15.0 Å². The number of nitrogens with zero attached hydrogens (tertiary/aromatic N) is 3. The summed E-state index contributed by atoms with van der Waals surface area (Å²) in [6.45, 7) is 0. The zero-order valence-electron chi connectivity index (χ0n) is 7.78. The summed E-state index contributed by atoms with van der Waals surface area (Å²) < 4.78 is 26.3. The second-order valence-corrected chi connectivity index (χ2v) is 3.25. The molecule has 2 N–H and O–H groups in total. The van der Waals surface area contributed by atoms with Crippen LogP contribution in [0.2, 0.25) is 5.28 Å². The molecule has 0 atom stereocenters. The third-order valence-corrected chi connectivity index (χ3v) is 1.96. The predicted molar refractivity (Wildman–Crippen MR) is 54.6 cm³/mol. The van der Waals surface area contributed by atoms with Crippen LogP contribution < -0.4 is 5.73 Å². The number of rotatable bonds is 1. The third-order valence-electron chi connectivity index (χ3n) is 1.79. The van der Waals surface area contributed by atoms with Crippen LogP contribution in [-0.4, -0.2) is 15.0 Å². The fourth-order valence-corrected chi connectivity index (χ4v) is 1.32. The molecule has 0 bridgehead atoms. The van der Waals surface area contributed by atoms with Crippen molar-refractivity contribution in [2.45, 2.75) is 0 Å². The van der Waals surface area contributed by atoms with Crippen molar-refractivity contribution in [3.63, 3.8) is 0 Å². The number of hydrogen-bond acceptors (Lipinski definition) is 4. The van der Waals surface area contributed by atoms with Gasteiger partial charge in [0.05, 0.1) is 5.56 Å². The molecule has 0 radical (unpaired) electrons. The highest BCUT2D eigenvalue weighted by atomic mass is 35.5. The molecule has 0 aliphatic rings. The monoisotopic (exact) mass is 242 g/mol. The van der Waals surface area contributed by atoms with Crippen molar-refractivity contribution in [2.24, 2.45) is 0 Å². The molecule has 0 saturated heterocycles. The van der Waals surface area contributed by atoms with E-state index in [0.29, 0.717) is 0 Å². The molecule has 1 heterocycles. The number of halogens is 3. The summed E-state index contributed by atoms with van der Waals surface area (Å²) in [6.07, 6.45) is 0. The lowest BCUT2D eigenvalue weighted by atomic mass is 10.2. The van der Waals surface area contributed by atoms with E-state index in [1.54, 1.807) is 0 Å². The average molecular weight is 243 g/mol. The first-order valence-corrected chi connectivity index (χ1v) is 4.56. The Morgan fingerprint density at radius 1 is 1.12 bits per heavy atom. The molecule has 16 heavy (non-hydrogen) atoms. The quantitative estimate of drug-likeness (QED) is 0.831. The van der Waals surface area contributed by atoms with Crippen molar-refractivity contribution < 1.29 is 8.78 Å². The lowest BCUT2D eigenvalue weighted by molar-refractivity contribution is 0.602. The van der Waals surface area contributed by atoms with Crippen molar-refractivity contribution in [1.29, 1.82) is 0 Å². The molecule has 4 nitrogen and oxygen atoms in total. The molecule has 0 aliphatic heterocycles. The summed E-state index contributed by atoms with van der Waals surface area (Å²) in [5.41, 5.74) is 5.21. The molecule has 7 heteroatoms. The van der Waals surface area contributed by atoms with Gasteiger partial charge in [-0.1, -0.05) is 0 Å². The molecule has 2 aromatic rings. The Morgan fingerprint density at radius 2 is 1.88 bits per heavy atom. The summed E-state index contributed by atoms with van der Waals surface area (Å²) in [5, 5.41) is -0.175. The normalized spacial score (nSPS) is 10.4. The first-order valence-electron chi connectivity index (χ1n) is 4.19. The van der Waals surface area contributed by atoms with Gasteiger partial charge < -0.3 is 5.73 Å². The molecule has 2 rings (SSSR count). The van der Waals surface area contributed by atoms with E-state index in [4.69, 9.17) is 17.3 Å². The van der Waals surface area contributed by atoms with Crippen LogP contribution in [0.4, 0.5) is 14.7 Å². The number of benzene rings is 1. The Kier molecular flexibility index (Phi) is 2.66.